The minimum Gasteiger partial charge on any atom is -0.481 e. The van der Waals surface area contributed by atoms with E-state index < -0.39 is 11.9 Å². The maximum absolute atomic E-state index is 12.3. The number of carbonyl (C=O) groups excluding carboxylic acids is 1. The average Bonchev–Trinajstić information content (AvgIpc) is 3.19. The van der Waals surface area contributed by atoms with Crippen LogP contribution in [0.15, 0.2) is 23.1 Å². The predicted octanol–water partition coefficient (Wildman–Crippen LogP) is 0.700. The zero-order chi connectivity index (χ0) is 14.0. The lowest BCUT2D eigenvalue weighted by atomic mass is 10.1. The van der Waals surface area contributed by atoms with Gasteiger partial charge in [-0.05, 0) is 18.9 Å². The Morgan fingerprint density at radius 3 is 2.74 bits per heavy atom. The fourth-order valence-electron chi connectivity index (χ4n) is 1.90. The summed E-state index contributed by atoms with van der Waals surface area (Å²) < 4.78 is 0. The molecule has 1 saturated carbocycles. The van der Waals surface area contributed by atoms with E-state index in [1.54, 1.807) is 11.8 Å². The van der Waals surface area contributed by atoms with Crippen molar-refractivity contribution in [3.63, 3.8) is 0 Å². The molecule has 0 aromatic carbocycles. The van der Waals surface area contributed by atoms with E-state index in [4.69, 9.17) is 5.11 Å². The number of carboxylic acids is 1. The fourth-order valence-corrected chi connectivity index (χ4v) is 1.90. The number of amides is 1. The molecule has 2 rings (SSSR count). The Morgan fingerprint density at radius 1 is 1.53 bits per heavy atom. The Labute approximate surface area is 110 Å². The third-order valence-corrected chi connectivity index (χ3v) is 3.16. The minimum absolute atomic E-state index is 0.105. The van der Waals surface area contributed by atoms with Gasteiger partial charge in [-0.25, -0.2) is 0 Å². The molecule has 1 amide bonds. The van der Waals surface area contributed by atoms with Crippen molar-refractivity contribution in [1.82, 2.24) is 9.88 Å². The molecule has 0 bridgehead atoms. The van der Waals surface area contributed by atoms with Crippen molar-refractivity contribution in [2.45, 2.75) is 25.8 Å². The van der Waals surface area contributed by atoms with Crippen molar-refractivity contribution in [3.05, 3.63) is 34.2 Å². The van der Waals surface area contributed by atoms with E-state index in [1.807, 2.05) is 0 Å². The maximum Gasteiger partial charge on any atom is 0.308 e. The van der Waals surface area contributed by atoms with Crippen molar-refractivity contribution >= 4 is 11.9 Å². The van der Waals surface area contributed by atoms with E-state index in [0.717, 1.165) is 12.8 Å². The van der Waals surface area contributed by atoms with E-state index in [-0.39, 0.29) is 24.1 Å². The number of carbonyl (C=O) groups is 2. The summed E-state index contributed by atoms with van der Waals surface area (Å²) in [4.78, 5) is 38.4. The zero-order valence-electron chi connectivity index (χ0n) is 10.6. The van der Waals surface area contributed by atoms with Crippen LogP contribution in [0.4, 0.5) is 0 Å². The van der Waals surface area contributed by atoms with E-state index in [2.05, 4.69) is 4.98 Å². The summed E-state index contributed by atoms with van der Waals surface area (Å²) in [5.74, 6) is -1.82. The van der Waals surface area contributed by atoms with E-state index >= 15 is 0 Å². The van der Waals surface area contributed by atoms with E-state index in [9.17, 15) is 14.4 Å². The van der Waals surface area contributed by atoms with Gasteiger partial charge < -0.3 is 15.0 Å². The summed E-state index contributed by atoms with van der Waals surface area (Å²) in [6.45, 7) is 1.74. The van der Waals surface area contributed by atoms with Gasteiger partial charge in [0.2, 0.25) is 5.56 Å². The molecule has 1 aliphatic rings. The van der Waals surface area contributed by atoms with Crippen LogP contribution in [-0.4, -0.2) is 39.5 Å². The summed E-state index contributed by atoms with van der Waals surface area (Å²) in [6.07, 6.45) is 3.20. The van der Waals surface area contributed by atoms with Gasteiger partial charge in [0, 0.05) is 30.4 Å². The molecule has 19 heavy (non-hydrogen) atoms. The van der Waals surface area contributed by atoms with E-state index in [1.165, 1.54) is 18.3 Å². The lowest BCUT2D eigenvalue weighted by Gasteiger charge is -2.24. The molecule has 0 spiro atoms. The molecular weight excluding hydrogens is 248 g/mol. The molecule has 1 fully saturated rings. The van der Waals surface area contributed by atoms with Gasteiger partial charge in [-0.3, -0.25) is 14.4 Å². The standard InChI is InChI=1S/C13H16N2O4/c1-8(13(18)19)7-15(10-2-3-10)12(17)9-4-5-14-11(16)6-9/h4-6,8,10H,2-3,7H2,1H3,(H,14,16)(H,18,19). The average molecular weight is 264 g/mol. The highest BCUT2D eigenvalue weighted by Crippen LogP contribution is 2.28. The lowest BCUT2D eigenvalue weighted by Crippen LogP contribution is -2.38. The second kappa shape index (κ2) is 5.26. The van der Waals surface area contributed by atoms with Crippen LogP contribution in [0.5, 0.6) is 0 Å². The number of aromatic amines is 1. The van der Waals surface area contributed by atoms with Gasteiger partial charge >= 0.3 is 5.97 Å². The zero-order valence-corrected chi connectivity index (χ0v) is 10.6. The van der Waals surface area contributed by atoms with Gasteiger partial charge in [-0.2, -0.15) is 0 Å². The van der Waals surface area contributed by atoms with Crippen LogP contribution in [0, 0.1) is 5.92 Å². The van der Waals surface area contributed by atoms with E-state index in [0.29, 0.717) is 5.56 Å². The monoisotopic (exact) mass is 264 g/mol. The molecule has 1 atom stereocenters. The first-order valence-corrected chi connectivity index (χ1v) is 6.21. The normalized spacial score (nSPS) is 15.8. The van der Waals surface area contributed by atoms with Gasteiger partial charge in [0.1, 0.15) is 0 Å². The van der Waals surface area contributed by atoms with Gasteiger partial charge in [0.25, 0.3) is 5.91 Å². The van der Waals surface area contributed by atoms with Gasteiger partial charge in [-0.15, -0.1) is 0 Å². The molecule has 6 heteroatoms. The molecule has 1 aromatic rings. The van der Waals surface area contributed by atoms with Crippen LogP contribution in [0.25, 0.3) is 0 Å². The van der Waals surface area contributed by atoms with Crippen molar-refractivity contribution < 1.29 is 14.7 Å². The molecule has 0 saturated heterocycles. The molecule has 2 N–H and O–H groups in total. The molecule has 102 valence electrons. The third-order valence-electron chi connectivity index (χ3n) is 3.16. The molecule has 1 unspecified atom stereocenters. The largest absolute Gasteiger partial charge is 0.481 e. The van der Waals surface area contributed by atoms with Crippen LogP contribution in [0.2, 0.25) is 0 Å². The Balaban J connectivity index is 2.17. The number of nitrogens with zero attached hydrogens (tertiary/aromatic N) is 1. The number of carboxylic acid groups (broad SMARTS) is 1. The summed E-state index contributed by atoms with van der Waals surface area (Å²) in [5.41, 5.74) is -0.0406. The molecular formula is C13H16N2O4. The second-order valence-corrected chi connectivity index (χ2v) is 4.87. The highest BCUT2D eigenvalue weighted by molar-refractivity contribution is 5.94. The van der Waals surface area contributed by atoms with Crippen LogP contribution in [-0.2, 0) is 4.79 Å². The highest BCUT2D eigenvalue weighted by Gasteiger charge is 2.34. The fraction of sp³-hybridized carbons (Fsp3) is 0.462. The van der Waals surface area contributed by atoms with Crippen molar-refractivity contribution in [2.75, 3.05) is 6.54 Å². The molecule has 1 heterocycles. The van der Waals surface area contributed by atoms with Crippen molar-refractivity contribution in [3.8, 4) is 0 Å². The van der Waals surface area contributed by atoms with Crippen LogP contribution >= 0.6 is 0 Å². The third kappa shape index (κ3) is 3.21. The summed E-state index contributed by atoms with van der Waals surface area (Å²) in [6, 6.07) is 2.88. The number of nitrogens with one attached hydrogen (secondary N) is 1. The number of hydrogen-bond acceptors (Lipinski definition) is 3. The SMILES string of the molecule is CC(CN(C(=O)c1cc[nH]c(=O)c1)C1CC1)C(=O)O. The Kier molecular flexibility index (Phi) is 3.69. The molecule has 0 aliphatic heterocycles. The minimum atomic E-state index is -0.927. The summed E-state index contributed by atoms with van der Waals surface area (Å²) in [5, 5.41) is 8.94. The lowest BCUT2D eigenvalue weighted by molar-refractivity contribution is -0.141. The first-order valence-electron chi connectivity index (χ1n) is 6.21. The summed E-state index contributed by atoms with van der Waals surface area (Å²) in [7, 11) is 0. The number of aromatic nitrogens is 1. The first-order chi connectivity index (χ1) is 8.99. The smallest absolute Gasteiger partial charge is 0.308 e. The maximum atomic E-state index is 12.3. The molecule has 1 aliphatic carbocycles. The number of hydrogen-bond donors (Lipinski definition) is 2. The van der Waals surface area contributed by atoms with Gasteiger partial charge in [0.05, 0.1) is 5.92 Å². The highest BCUT2D eigenvalue weighted by atomic mass is 16.4. The molecule has 1 aromatic heterocycles. The quantitative estimate of drug-likeness (QED) is 0.819. The molecule has 6 nitrogen and oxygen atoms in total. The van der Waals surface area contributed by atoms with Crippen LogP contribution in [0.1, 0.15) is 30.1 Å². The first kappa shape index (κ1) is 13.3. The number of aliphatic carboxylic acids is 1. The topological polar surface area (TPSA) is 90.5 Å². The Hall–Kier alpha value is -2.11. The van der Waals surface area contributed by atoms with Gasteiger partial charge in [-0.1, -0.05) is 6.92 Å². The van der Waals surface area contributed by atoms with Crippen molar-refractivity contribution in [2.24, 2.45) is 5.92 Å². The van der Waals surface area contributed by atoms with Crippen molar-refractivity contribution in [1.29, 1.82) is 0 Å². The van der Waals surface area contributed by atoms with Crippen LogP contribution < -0.4 is 5.56 Å². The predicted molar refractivity (Wildman–Crippen MR) is 67.9 cm³/mol. The second-order valence-electron chi connectivity index (χ2n) is 4.87. The molecule has 0 radical (unpaired) electrons. The Morgan fingerprint density at radius 2 is 2.21 bits per heavy atom. The number of H-pyrrole nitrogens is 1. The number of rotatable bonds is 5. The van der Waals surface area contributed by atoms with Crippen LogP contribution in [0.3, 0.4) is 0 Å². The van der Waals surface area contributed by atoms with Gasteiger partial charge in [0.15, 0.2) is 0 Å². The Bertz CT molecular complexity index is 548. The number of pyridine rings is 1. The summed E-state index contributed by atoms with van der Waals surface area (Å²) >= 11 is 0.